The van der Waals surface area contributed by atoms with Crippen LogP contribution in [0, 0.1) is 17.0 Å². The van der Waals surface area contributed by atoms with Gasteiger partial charge in [0.1, 0.15) is 11.6 Å². The van der Waals surface area contributed by atoms with Gasteiger partial charge in [0.25, 0.3) is 0 Å². The first-order valence-corrected chi connectivity index (χ1v) is 17.7. The number of hydrogen-bond donors (Lipinski definition) is 2. The number of nitrogens with one attached hydrogen (secondary N) is 1. The molecule has 6 rings (SSSR count). The fourth-order valence-corrected chi connectivity index (χ4v) is 7.85. The Balaban J connectivity index is 1.48. The molecular formula is C38H42F2N4O3S. The smallest absolute Gasteiger partial charge is 0.303 e. The standard InChI is InChI=1S/C38H42F2N4O3S/c1-5-44-35-29-21-26(11-12-30(29)39)47-34-28(27-14-18-41-32(27)22-31(34)40)15-19-48-23-37(2,3)16-7-17-38(4,36(42-35)43-44)25-9-6-8-24(20-25)10-13-33(45)46/h6,8-9,11-12,14,18,20-22,41H,5,7,10,13,15-17,19,23H2,1-4H3,(H,45,46). The number of nitrogens with zero attached hydrogens (tertiary/aromatic N) is 3. The predicted octanol–water partition coefficient (Wildman–Crippen LogP) is 9.33. The third-order valence-electron chi connectivity index (χ3n) is 9.44. The van der Waals surface area contributed by atoms with Crippen LogP contribution in [0.15, 0.2) is 60.8 Å². The van der Waals surface area contributed by atoms with Crippen LogP contribution in [-0.2, 0) is 29.6 Å². The first-order valence-electron chi connectivity index (χ1n) is 16.6. The van der Waals surface area contributed by atoms with Gasteiger partial charge in [-0.3, -0.25) is 4.79 Å². The highest BCUT2D eigenvalue weighted by Crippen LogP contribution is 2.41. The Morgan fingerprint density at radius 2 is 1.92 bits per heavy atom. The lowest BCUT2D eigenvalue weighted by Gasteiger charge is -2.30. The molecule has 5 aromatic rings. The van der Waals surface area contributed by atoms with E-state index >= 15 is 8.78 Å². The van der Waals surface area contributed by atoms with Crippen LogP contribution in [0.25, 0.3) is 22.3 Å². The van der Waals surface area contributed by atoms with Crippen LogP contribution in [0.1, 0.15) is 75.9 Å². The van der Waals surface area contributed by atoms with Gasteiger partial charge in [-0.25, -0.2) is 18.4 Å². The number of benzene rings is 3. The number of fused-ring (bicyclic) bond motifs is 8. The van der Waals surface area contributed by atoms with E-state index in [-0.39, 0.29) is 23.1 Å². The summed E-state index contributed by atoms with van der Waals surface area (Å²) >= 11 is 1.85. The minimum atomic E-state index is -0.840. The number of thioether (sulfide) groups is 1. The molecule has 3 heterocycles. The van der Waals surface area contributed by atoms with Crippen molar-refractivity contribution in [3.63, 3.8) is 0 Å². The fourth-order valence-electron chi connectivity index (χ4n) is 6.66. The summed E-state index contributed by atoms with van der Waals surface area (Å²) in [6, 6.07) is 15.8. The van der Waals surface area contributed by atoms with E-state index < -0.39 is 23.0 Å². The van der Waals surface area contributed by atoms with Crippen LogP contribution >= 0.6 is 11.8 Å². The van der Waals surface area contributed by atoms with Gasteiger partial charge in [0, 0.05) is 41.7 Å². The van der Waals surface area contributed by atoms with Gasteiger partial charge in [-0.05, 0) is 91.8 Å². The lowest BCUT2D eigenvalue weighted by atomic mass is 9.75. The lowest BCUT2D eigenvalue weighted by molar-refractivity contribution is -0.136. The van der Waals surface area contributed by atoms with Crippen molar-refractivity contribution < 1.29 is 23.4 Å². The van der Waals surface area contributed by atoms with Gasteiger partial charge in [-0.15, -0.1) is 0 Å². The first-order chi connectivity index (χ1) is 23.0. The van der Waals surface area contributed by atoms with Crippen molar-refractivity contribution in [1.29, 1.82) is 0 Å². The molecule has 2 aromatic heterocycles. The molecule has 1 atom stereocenters. The van der Waals surface area contributed by atoms with E-state index in [0.717, 1.165) is 52.8 Å². The average molecular weight is 673 g/mol. The molecule has 0 radical (unpaired) electrons. The largest absolute Gasteiger partial charge is 0.481 e. The quantitative estimate of drug-likeness (QED) is 0.193. The van der Waals surface area contributed by atoms with Crippen LogP contribution in [0.3, 0.4) is 0 Å². The van der Waals surface area contributed by atoms with Gasteiger partial charge < -0.3 is 14.8 Å². The normalized spacial score (nSPS) is 18.5. The predicted molar refractivity (Wildman–Crippen MR) is 187 cm³/mol. The number of halogens is 2. The summed E-state index contributed by atoms with van der Waals surface area (Å²) in [4.78, 5) is 19.5. The molecule has 1 aliphatic heterocycles. The number of aromatic nitrogens is 4. The summed E-state index contributed by atoms with van der Waals surface area (Å²) in [6.07, 6.45) is 5.49. The van der Waals surface area contributed by atoms with Crippen molar-refractivity contribution in [2.24, 2.45) is 5.41 Å². The third kappa shape index (κ3) is 6.99. The summed E-state index contributed by atoms with van der Waals surface area (Å²) in [5, 5.41) is 15.2. The van der Waals surface area contributed by atoms with Gasteiger partial charge in [0.15, 0.2) is 23.2 Å². The van der Waals surface area contributed by atoms with Crippen molar-refractivity contribution in [3.05, 3.63) is 94.9 Å². The zero-order valence-electron chi connectivity index (χ0n) is 27.9. The molecule has 0 amide bonds. The molecule has 2 N–H and O–H groups in total. The zero-order chi connectivity index (χ0) is 34.1. The zero-order valence-corrected chi connectivity index (χ0v) is 28.7. The minimum absolute atomic E-state index is 0.0347. The Morgan fingerprint density at radius 3 is 2.71 bits per heavy atom. The van der Waals surface area contributed by atoms with E-state index in [2.05, 4.69) is 31.8 Å². The number of aryl methyl sites for hydroxylation is 3. The molecule has 1 unspecified atom stereocenters. The van der Waals surface area contributed by atoms with Crippen LogP contribution in [0.5, 0.6) is 11.5 Å². The van der Waals surface area contributed by atoms with Crippen molar-refractivity contribution in [2.45, 2.75) is 78.2 Å². The highest BCUT2D eigenvalue weighted by Gasteiger charge is 2.35. The molecule has 3 aromatic carbocycles. The first kappa shape index (κ1) is 33.7. The second-order valence-corrected chi connectivity index (χ2v) is 14.8. The second-order valence-electron chi connectivity index (χ2n) is 13.7. The van der Waals surface area contributed by atoms with E-state index in [0.29, 0.717) is 42.3 Å². The topological polar surface area (TPSA) is 93.0 Å². The Labute approximate surface area is 284 Å². The molecule has 4 bridgehead atoms. The Bertz CT molecular complexity index is 1950. The molecule has 0 saturated carbocycles. The maximum Gasteiger partial charge on any atom is 0.303 e. The van der Waals surface area contributed by atoms with Gasteiger partial charge in [0.2, 0.25) is 0 Å². The maximum atomic E-state index is 15.7. The van der Waals surface area contributed by atoms with Crippen LogP contribution in [0.2, 0.25) is 0 Å². The summed E-state index contributed by atoms with van der Waals surface area (Å²) < 4.78 is 39.3. The Morgan fingerprint density at radius 1 is 1.08 bits per heavy atom. The van der Waals surface area contributed by atoms with Crippen LogP contribution in [-0.4, -0.2) is 42.3 Å². The van der Waals surface area contributed by atoms with Gasteiger partial charge in [-0.2, -0.15) is 16.9 Å². The minimum Gasteiger partial charge on any atom is -0.481 e. The monoisotopic (exact) mass is 672 g/mol. The van der Waals surface area contributed by atoms with Gasteiger partial charge in [-0.1, -0.05) is 44.5 Å². The molecule has 0 spiro atoms. The number of ether oxygens (including phenoxy) is 1. The average Bonchev–Trinajstić information content (AvgIpc) is 3.71. The molecule has 10 heteroatoms. The maximum absolute atomic E-state index is 15.7. The van der Waals surface area contributed by atoms with E-state index in [1.807, 2.05) is 43.0 Å². The number of aromatic amines is 1. The highest BCUT2D eigenvalue weighted by molar-refractivity contribution is 7.99. The number of H-pyrrole nitrogens is 1. The number of carbonyl (C=O) groups is 1. The summed E-state index contributed by atoms with van der Waals surface area (Å²) in [6.45, 7) is 9.07. The SMILES string of the molecule is CCn1nc2nc1-c1cc(ccc1F)Oc1c(F)cc3[nH]ccc3c1CCSCC(C)(C)CCCC2(C)c1cccc(CCC(=O)O)c1. The second kappa shape index (κ2) is 13.7. The van der Waals surface area contributed by atoms with Crippen molar-refractivity contribution in [3.8, 4) is 22.9 Å². The van der Waals surface area contributed by atoms with Crippen molar-refractivity contribution in [2.75, 3.05) is 11.5 Å². The molecule has 48 heavy (non-hydrogen) atoms. The number of hydrogen-bond acceptors (Lipinski definition) is 5. The summed E-state index contributed by atoms with van der Waals surface area (Å²) in [5.74, 6) is 1.30. The number of aliphatic carboxylic acids is 1. The summed E-state index contributed by atoms with van der Waals surface area (Å²) in [5.41, 5.74) is 3.04. The molecule has 0 saturated heterocycles. The fraction of sp³-hybridized carbons (Fsp3) is 0.395. The molecule has 0 aliphatic carbocycles. The highest BCUT2D eigenvalue weighted by atomic mass is 32.2. The van der Waals surface area contributed by atoms with E-state index in [4.69, 9.17) is 14.8 Å². The number of carboxylic acid groups (broad SMARTS) is 1. The number of rotatable bonds is 5. The molecule has 1 aliphatic rings. The van der Waals surface area contributed by atoms with Gasteiger partial charge in [0.05, 0.1) is 11.0 Å². The van der Waals surface area contributed by atoms with E-state index in [1.54, 1.807) is 16.9 Å². The van der Waals surface area contributed by atoms with Crippen LogP contribution < -0.4 is 4.74 Å². The number of carboxylic acids is 1. The molecular weight excluding hydrogens is 631 g/mol. The van der Waals surface area contributed by atoms with E-state index in [9.17, 15) is 9.90 Å². The van der Waals surface area contributed by atoms with E-state index in [1.165, 1.54) is 18.2 Å². The summed E-state index contributed by atoms with van der Waals surface area (Å²) in [7, 11) is 0. The van der Waals surface area contributed by atoms with Crippen molar-refractivity contribution in [1.82, 2.24) is 19.7 Å². The third-order valence-corrected chi connectivity index (χ3v) is 10.9. The molecule has 252 valence electrons. The Hall–Kier alpha value is -4.18. The van der Waals surface area contributed by atoms with Crippen molar-refractivity contribution >= 4 is 28.6 Å². The molecule has 7 nitrogen and oxygen atoms in total. The van der Waals surface area contributed by atoms with Crippen LogP contribution in [0.4, 0.5) is 8.78 Å². The van der Waals surface area contributed by atoms with Gasteiger partial charge >= 0.3 is 5.97 Å². The Kier molecular flexibility index (Phi) is 9.65. The lowest BCUT2D eigenvalue weighted by Crippen LogP contribution is -2.27. The molecule has 0 fully saturated rings.